The van der Waals surface area contributed by atoms with Crippen molar-refractivity contribution in [1.82, 2.24) is 4.98 Å². The standard InChI is InChI=1S/C14H13BrN2S/c1-9-12(14(2,3)8-16)18-13(17-9)10-4-6-11(15)7-5-10/h4-7H,1-3H3. The number of hydrogen-bond donors (Lipinski definition) is 0. The summed E-state index contributed by atoms with van der Waals surface area (Å²) in [6.45, 7) is 5.82. The molecular weight excluding hydrogens is 308 g/mol. The Bertz CT molecular complexity index is 606. The van der Waals surface area contributed by atoms with Crippen LogP contribution >= 0.6 is 27.3 Å². The van der Waals surface area contributed by atoms with Crippen LogP contribution in [0.1, 0.15) is 24.4 Å². The zero-order chi connectivity index (χ0) is 13.3. The molecule has 0 aliphatic rings. The molecule has 0 N–H and O–H groups in total. The Morgan fingerprint density at radius 3 is 2.44 bits per heavy atom. The second-order valence-corrected chi connectivity index (χ2v) is 6.59. The Morgan fingerprint density at radius 1 is 1.28 bits per heavy atom. The van der Waals surface area contributed by atoms with E-state index < -0.39 is 5.41 Å². The van der Waals surface area contributed by atoms with E-state index in [0.717, 1.165) is 25.6 Å². The molecule has 0 bridgehead atoms. The van der Waals surface area contributed by atoms with Crippen LogP contribution in [-0.2, 0) is 5.41 Å². The summed E-state index contributed by atoms with van der Waals surface area (Å²) in [5, 5.41) is 10.2. The van der Waals surface area contributed by atoms with Gasteiger partial charge in [0, 0.05) is 14.9 Å². The van der Waals surface area contributed by atoms with Gasteiger partial charge in [0.15, 0.2) is 0 Å². The molecule has 0 radical (unpaired) electrons. The van der Waals surface area contributed by atoms with Gasteiger partial charge in [0.2, 0.25) is 0 Å². The van der Waals surface area contributed by atoms with E-state index >= 15 is 0 Å². The van der Waals surface area contributed by atoms with Crippen molar-refractivity contribution in [2.75, 3.05) is 0 Å². The number of thiazole rings is 1. The first-order valence-corrected chi connectivity index (χ1v) is 7.20. The first-order chi connectivity index (χ1) is 8.44. The lowest BCUT2D eigenvalue weighted by molar-refractivity contribution is 0.695. The smallest absolute Gasteiger partial charge is 0.123 e. The van der Waals surface area contributed by atoms with Crippen LogP contribution in [0.5, 0.6) is 0 Å². The first kappa shape index (κ1) is 13.3. The summed E-state index contributed by atoms with van der Waals surface area (Å²) in [6.07, 6.45) is 0. The Kier molecular flexibility index (Phi) is 3.56. The molecule has 0 aliphatic heterocycles. The van der Waals surface area contributed by atoms with Gasteiger partial charge in [0.1, 0.15) is 5.01 Å². The molecule has 1 aromatic heterocycles. The molecule has 2 aromatic rings. The number of halogens is 1. The van der Waals surface area contributed by atoms with Gasteiger partial charge in [-0.1, -0.05) is 28.1 Å². The van der Waals surface area contributed by atoms with Gasteiger partial charge in [-0.05, 0) is 32.9 Å². The predicted molar refractivity (Wildman–Crippen MR) is 78.6 cm³/mol. The maximum atomic E-state index is 9.21. The number of nitrogens with zero attached hydrogens (tertiary/aromatic N) is 2. The minimum Gasteiger partial charge on any atom is -0.241 e. The molecule has 4 heteroatoms. The number of hydrogen-bond acceptors (Lipinski definition) is 3. The lowest BCUT2D eigenvalue weighted by atomic mass is 9.93. The van der Waals surface area contributed by atoms with E-state index in [1.807, 2.05) is 45.0 Å². The average molecular weight is 321 g/mol. The van der Waals surface area contributed by atoms with Crippen LogP contribution in [-0.4, -0.2) is 4.98 Å². The minimum absolute atomic E-state index is 0.477. The van der Waals surface area contributed by atoms with E-state index in [0.29, 0.717) is 0 Å². The molecule has 18 heavy (non-hydrogen) atoms. The number of rotatable bonds is 2. The Hall–Kier alpha value is -1.18. The van der Waals surface area contributed by atoms with Crippen molar-refractivity contribution in [2.24, 2.45) is 0 Å². The van der Waals surface area contributed by atoms with Crippen LogP contribution in [0, 0.1) is 18.3 Å². The molecule has 1 aromatic carbocycles. The van der Waals surface area contributed by atoms with Gasteiger partial charge in [-0.15, -0.1) is 11.3 Å². The van der Waals surface area contributed by atoms with Crippen LogP contribution in [0.3, 0.4) is 0 Å². The third-order valence-electron chi connectivity index (χ3n) is 2.73. The molecule has 0 amide bonds. The van der Waals surface area contributed by atoms with E-state index in [1.165, 1.54) is 0 Å². The monoisotopic (exact) mass is 320 g/mol. The normalized spacial score (nSPS) is 11.3. The predicted octanol–water partition coefficient (Wildman–Crippen LogP) is 4.68. The van der Waals surface area contributed by atoms with Crippen LogP contribution in [0.2, 0.25) is 0 Å². The minimum atomic E-state index is -0.477. The highest BCUT2D eigenvalue weighted by atomic mass is 79.9. The topological polar surface area (TPSA) is 36.7 Å². The third kappa shape index (κ3) is 2.47. The van der Waals surface area contributed by atoms with E-state index in [4.69, 9.17) is 0 Å². The summed E-state index contributed by atoms with van der Waals surface area (Å²) in [7, 11) is 0. The molecule has 0 atom stereocenters. The van der Waals surface area contributed by atoms with Crippen molar-refractivity contribution in [2.45, 2.75) is 26.2 Å². The van der Waals surface area contributed by atoms with Crippen LogP contribution in [0.4, 0.5) is 0 Å². The molecule has 0 saturated carbocycles. The quantitative estimate of drug-likeness (QED) is 0.805. The summed E-state index contributed by atoms with van der Waals surface area (Å²) < 4.78 is 1.05. The maximum Gasteiger partial charge on any atom is 0.123 e. The third-order valence-corrected chi connectivity index (χ3v) is 4.79. The molecule has 2 rings (SSSR count). The van der Waals surface area contributed by atoms with E-state index in [9.17, 15) is 5.26 Å². The van der Waals surface area contributed by atoms with Gasteiger partial charge in [-0.25, -0.2) is 4.98 Å². The SMILES string of the molecule is Cc1nc(-c2ccc(Br)cc2)sc1C(C)(C)C#N. The fourth-order valence-electron chi connectivity index (χ4n) is 1.74. The Labute approximate surface area is 119 Å². The summed E-state index contributed by atoms with van der Waals surface area (Å²) in [5.74, 6) is 0. The number of aromatic nitrogens is 1. The van der Waals surface area contributed by atoms with E-state index in [-0.39, 0.29) is 0 Å². The maximum absolute atomic E-state index is 9.21. The summed E-state index contributed by atoms with van der Waals surface area (Å²) in [5.41, 5.74) is 1.56. The van der Waals surface area contributed by atoms with Crippen molar-refractivity contribution in [3.63, 3.8) is 0 Å². The van der Waals surface area contributed by atoms with Gasteiger partial charge >= 0.3 is 0 Å². The number of aryl methyl sites for hydroxylation is 1. The molecule has 0 unspecified atom stereocenters. The van der Waals surface area contributed by atoms with E-state index in [2.05, 4.69) is 27.0 Å². The molecule has 1 heterocycles. The van der Waals surface area contributed by atoms with Gasteiger partial charge in [-0.3, -0.25) is 0 Å². The first-order valence-electron chi connectivity index (χ1n) is 5.59. The Morgan fingerprint density at radius 2 is 1.89 bits per heavy atom. The highest BCUT2D eigenvalue weighted by Crippen LogP contribution is 2.35. The molecule has 2 nitrogen and oxygen atoms in total. The lowest BCUT2D eigenvalue weighted by Gasteiger charge is -2.12. The average Bonchev–Trinajstić information content (AvgIpc) is 2.73. The van der Waals surface area contributed by atoms with Crippen LogP contribution in [0.25, 0.3) is 10.6 Å². The number of benzene rings is 1. The van der Waals surface area contributed by atoms with Gasteiger partial charge in [-0.2, -0.15) is 5.26 Å². The van der Waals surface area contributed by atoms with Crippen molar-refractivity contribution in [1.29, 1.82) is 5.26 Å². The van der Waals surface area contributed by atoms with Gasteiger partial charge in [0.05, 0.1) is 17.2 Å². The molecule has 0 spiro atoms. The molecule has 0 saturated heterocycles. The Balaban J connectivity index is 2.47. The van der Waals surface area contributed by atoms with Crippen molar-refractivity contribution >= 4 is 27.3 Å². The van der Waals surface area contributed by atoms with Crippen molar-refractivity contribution in [3.8, 4) is 16.6 Å². The molecule has 0 aliphatic carbocycles. The van der Waals surface area contributed by atoms with Crippen molar-refractivity contribution < 1.29 is 0 Å². The highest BCUT2D eigenvalue weighted by Gasteiger charge is 2.26. The summed E-state index contributed by atoms with van der Waals surface area (Å²) in [4.78, 5) is 5.62. The zero-order valence-electron chi connectivity index (χ0n) is 10.5. The van der Waals surface area contributed by atoms with E-state index in [1.54, 1.807) is 11.3 Å². The molecule has 0 fully saturated rings. The summed E-state index contributed by atoms with van der Waals surface area (Å²) >= 11 is 5.02. The second-order valence-electron chi connectivity index (χ2n) is 4.68. The van der Waals surface area contributed by atoms with Crippen LogP contribution < -0.4 is 0 Å². The largest absolute Gasteiger partial charge is 0.241 e. The van der Waals surface area contributed by atoms with Gasteiger partial charge in [0.25, 0.3) is 0 Å². The number of nitriles is 1. The van der Waals surface area contributed by atoms with Crippen LogP contribution in [0.15, 0.2) is 28.7 Å². The fourth-order valence-corrected chi connectivity index (χ4v) is 3.13. The fraction of sp³-hybridized carbons (Fsp3) is 0.286. The zero-order valence-corrected chi connectivity index (χ0v) is 12.9. The molecule has 92 valence electrons. The van der Waals surface area contributed by atoms with Gasteiger partial charge < -0.3 is 0 Å². The summed E-state index contributed by atoms with van der Waals surface area (Å²) in [6, 6.07) is 10.4. The molecular formula is C14H13BrN2S. The lowest BCUT2D eigenvalue weighted by Crippen LogP contribution is -2.13. The highest BCUT2D eigenvalue weighted by molar-refractivity contribution is 9.10. The second kappa shape index (κ2) is 4.83. The van der Waals surface area contributed by atoms with Crippen molar-refractivity contribution in [3.05, 3.63) is 39.3 Å².